The number of nitro groups is 1. The molecule has 1 saturated heterocycles. The zero-order chi connectivity index (χ0) is 14.2. The number of thioether (sulfide) groups is 1. The van der Waals surface area contributed by atoms with E-state index in [4.69, 9.17) is 5.11 Å². The molecule has 2 rings (SSSR count). The van der Waals surface area contributed by atoms with E-state index in [1.54, 1.807) is 0 Å². The van der Waals surface area contributed by atoms with E-state index in [9.17, 15) is 19.7 Å². The summed E-state index contributed by atoms with van der Waals surface area (Å²) in [6.45, 7) is 0. The largest absolute Gasteiger partial charge is 0.480 e. The average molecular weight is 285 g/mol. The normalized spacial score (nSPS) is 18.6. The van der Waals surface area contributed by atoms with Crippen molar-refractivity contribution in [2.45, 2.75) is 6.04 Å². The predicted octanol–water partition coefficient (Wildman–Crippen LogP) is 0.533. The van der Waals surface area contributed by atoms with E-state index in [1.807, 2.05) is 0 Å². The van der Waals surface area contributed by atoms with E-state index >= 15 is 0 Å². The molecule has 0 aromatic carbocycles. The first-order valence-corrected chi connectivity index (χ1v) is 6.50. The molecule has 102 valence electrons. The number of carboxylic acids is 1. The summed E-state index contributed by atoms with van der Waals surface area (Å²) < 4.78 is 1.16. The van der Waals surface area contributed by atoms with Gasteiger partial charge in [-0.1, -0.05) is 0 Å². The summed E-state index contributed by atoms with van der Waals surface area (Å²) in [5.41, 5.74) is 0.112. The number of aromatic nitrogens is 1. The molecule has 1 atom stereocenters. The molecule has 0 spiro atoms. The van der Waals surface area contributed by atoms with Crippen LogP contribution >= 0.6 is 11.8 Å². The third-order valence-electron chi connectivity index (χ3n) is 2.93. The van der Waals surface area contributed by atoms with Crippen LogP contribution in [0.4, 0.5) is 5.82 Å². The first kappa shape index (κ1) is 13.4. The van der Waals surface area contributed by atoms with Crippen molar-refractivity contribution in [1.29, 1.82) is 0 Å². The van der Waals surface area contributed by atoms with Gasteiger partial charge in [0.1, 0.15) is 6.04 Å². The van der Waals surface area contributed by atoms with Crippen LogP contribution in [0.15, 0.2) is 12.1 Å². The number of aliphatic carboxylic acids is 1. The van der Waals surface area contributed by atoms with Crippen LogP contribution in [-0.4, -0.2) is 49.0 Å². The number of rotatable bonds is 3. The Morgan fingerprint density at radius 1 is 1.53 bits per heavy atom. The lowest BCUT2D eigenvalue weighted by atomic mass is 10.2. The fourth-order valence-electron chi connectivity index (χ4n) is 1.89. The van der Waals surface area contributed by atoms with E-state index in [-0.39, 0.29) is 17.4 Å². The van der Waals surface area contributed by atoms with Gasteiger partial charge >= 0.3 is 11.8 Å². The van der Waals surface area contributed by atoms with Crippen LogP contribution in [0.3, 0.4) is 0 Å². The molecule has 0 saturated carbocycles. The van der Waals surface area contributed by atoms with Gasteiger partial charge in [0.2, 0.25) is 0 Å². The van der Waals surface area contributed by atoms with Crippen LogP contribution in [-0.2, 0) is 11.8 Å². The summed E-state index contributed by atoms with van der Waals surface area (Å²) in [6.07, 6.45) is 0. The van der Waals surface area contributed by atoms with Gasteiger partial charge in [0, 0.05) is 11.8 Å². The quantitative estimate of drug-likeness (QED) is 0.641. The Kier molecular flexibility index (Phi) is 3.47. The molecule has 1 aromatic rings. The molecule has 2 heterocycles. The average Bonchev–Trinajstić information content (AvgIpc) is 2.93. The third kappa shape index (κ3) is 2.28. The van der Waals surface area contributed by atoms with Crippen molar-refractivity contribution in [2.24, 2.45) is 7.05 Å². The van der Waals surface area contributed by atoms with E-state index < -0.39 is 22.8 Å². The van der Waals surface area contributed by atoms with Crippen molar-refractivity contribution in [3.05, 3.63) is 27.9 Å². The summed E-state index contributed by atoms with van der Waals surface area (Å²) in [6, 6.07) is 1.68. The minimum atomic E-state index is -1.07. The van der Waals surface area contributed by atoms with Crippen LogP contribution in [0.2, 0.25) is 0 Å². The Hall–Kier alpha value is -2.03. The van der Waals surface area contributed by atoms with Crippen LogP contribution in [0, 0.1) is 10.1 Å². The number of amides is 1. The maximum absolute atomic E-state index is 12.2. The summed E-state index contributed by atoms with van der Waals surface area (Å²) >= 11 is 1.34. The zero-order valence-electron chi connectivity index (χ0n) is 9.98. The lowest BCUT2D eigenvalue weighted by Crippen LogP contribution is -2.42. The summed E-state index contributed by atoms with van der Waals surface area (Å²) in [7, 11) is 1.41. The van der Waals surface area contributed by atoms with Crippen molar-refractivity contribution in [3.8, 4) is 0 Å². The molecule has 0 unspecified atom stereocenters. The number of nitrogens with zero attached hydrogens (tertiary/aromatic N) is 3. The Labute approximate surface area is 112 Å². The van der Waals surface area contributed by atoms with Crippen molar-refractivity contribution < 1.29 is 19.6 Å². The van der Waals surface area contributed by atoms with Gasteiger partial charge in [0.05, 0.1) is 12.9 Å². The third-order valence-corrected chi connectivity index (χ3v) is 3.94. The molecule has 0 bridgehead atoms. The second kappa shape index (κ2) is 4.92. The SMILES string of the molecule is Cn1c(C(=O)N2CSC[C@H]2C(=O)O)ccc1[N+](=O)[O-]. The first-order valence-electron chi connectivity index (χ1n) is 5.35. The van der Waals surface area contributed by atoms with E-state index in [0.717, 1.165) is 4.57 Å². The highest BCUT2D eigenvalue weighted by Crippen LogP contribution is 2.25. The lowest BCUT2D eigenvalue weighted by molar-refractivity contribution is -0.391. The number of hydrogen-bond donors (Lipinski definition) is 1. The van der Waals surface area contributed by atoms with Crippen LogP contribution in [0.1, 0.15) is 10.5 Å². The zero-order valence-corrected chi connectivity index (χ0v) is 10.8. The number of carbonyl (C=O) groups excluding carboxylic acids is 1. The molecule has 1 aliphatic rings. The van der Waals surface area contributed by atoms with E-state index in [0.29, 0.717) is 5.75 Å². The number of hydrogen-bond acceptors (Lipinski definition) is 5. The summed E-state index contributed by atoms with van der Waals surface area (Å²) in [5.74, 6) is -1.18. The van der Waals surface area contributed by atoms with Gasteiger partial charge < -0.3 is 20.1 Å². The topological polar surface area (TPSA) is 106 Å². The Morgan fingerprint density at radius 2 is 2.21 bits per heavy atom. The van der Waals surface area contributed by atoms with Crippen LogP contribution in [0.25, 0.3) is 0 Å². The number of carbonyl (C=O) groups is 2. The molecule has 1 amide bonds. The molecule has 0 aliphatic carbocycles. The van der Waals surface area contributed by atoms with Gasteiger partial charge in [-0.2, -0.15) is 0 Å². The molecule has 0 radical (unpaired) electrons. The summed E-state index contributed by atoms with van der Waals surface area (Å²) in [4.78, 5) is 34.6. The molecule has 1 N–H and O–H groups in total. The van der Waals surface area contributed by atoms with Crippen LogP contribution in [0.5, 0.6) is 0 Å². The van der Waals surface area contributed by atoms with Gasteiger partial charge in [-0.15, -0.1) is 11.8 Å². The highest BCUT2D eigenvalue weighted by molar-refractivity contribution is 7.99. The van der Waals surface area contributed by atoms with Crippen LogP contribution < -0.4 is 0 Å². The highest BCUT2D eigenvalue weighted by atomic mass is 32.2. The Morgan fingerprint density at radius 3 is 2.74 bits per heavy atom. The minimum absolute atomic E-state index is 0.112. The van der Waals surface area contributed by atoms with Crippen molar-refractivity contribution in [1.82, 2.24) is 9.47 Å². The van der Waals surface area contributed by atoms with Crippen molar-refractivity contribution in [2.75, 3.05) is 11.6 Å². The summed E-state index contributed by atoms with van der Waals surface area (Å²) in [5, 5.41) is 19.7. The predicted molar refractivity (Wildman–Crippen MR) is 67.0 cm³/mol. The van der Waals surface area contributed by atoms with E-state index in [1.165, 1.54) is 35.8 Å². The maximum Gasteiger partial charge on any atom is 0.327 e. The van der Waals surface area contributed by atoms with Gasteiger partial charge in [-0.05, 0) is 11.0 Å². The molecule has 1 aliphatic heterocycles. The Bertz CT molecular complexity index is 555. The molecule has 19 heavy (non-hydrogen) atoms. The Balaban J connectivity index is 2.29. The van der Waals surface area contributed by atoms with E-state index in [2.05, 4.69) is 0 Å². The number of carboxylic acid groups (broad SMARTS) is 1. The van der Waals surface area contributed by atoms with Gasteiger partial charge in [0.25, 0.3) is 5.91 Å². The standard InChI is InChI=1S/C10H11N3O5S/c1-11-6(2-3-8(11)13(17)18)9(14)12-5-19-4-7(12)10(15)16/h2-3,7H,4-5H2,1H3,(H,15,16)/t7-/m0/s1. The molecular formula is C10H11N3O5S. The fraction of sp³-hybridized carbons (Fsp3) is 0.400. The van der Waals surface area contributed by atoms with Gasteiger partial charge in [-0.3, -0.25) is 4.79 Å². The molecular weight excluding hydrogens is 274 g/mol. The minimum Gasteiger partial charge on any atom is -0.480 e. The van der Waals surface area contributed by atoms with Gasteiger partial charge in [0.15, 0.2) is 5.69 Å². The maximum atomic E-state index is 12.2. The lowest BCUT2D eigenvalue weighted by Gasteiger charge is -2.19. The van der Waals surface area contributed by atoms with Crippen molar-refractivity contribution >= 4 is 29.5 Å². The second-order valence-corrected chi connectivity index (χ2v) is 5.02. The van der Waals surface area contributed by atoms with Gasteiger partial charge in [-0.25, -0.2) is 9.36 Å². The monoisotopic (exact) mass is 285 g/mol. The molecule has 9 heteroatoms. The fourth-order valence-corrected chi connectivity index (χ4v) is 3.04. The second-order valence-electron chi connectivity index (χ2n) is 4.02. The molecule has 8 nitrogen and oxygen atoms in total. The van der Waals surface area contributed by atoms with Crippen molar-refractivity contribution in [3.63, 3.8) is 0 Å². The molecule has 1 aromatic heterocycles. The first-order chi connectivity index (χ1) is 8.93. The smallest absolute Gasteiger partial charge is 0.327 e. The highest BCUT2D eigenvalue weighted by Gasteiger charge is 2.37. The molecule has 1 fully saturated rings.